The van der Waals surface area contributed by atoms with Gasteiger partial charge < -0.3 is 10.6 Å². The number of hydrogen-bond donors (Lipinski definition) is 2. The summed E-state index contributed by atoms with van der Waals surface area (Å²) in [5.74, 6) is 1.06. The molecule has 0 bridgehead atoms. The number of para-hydroxylation sites is 1. The molecule has 6 nitrogen and oxygen atoms in total. The Labute approximate surface area is 161 Å². The highest BCUT2D eigenvalue weighted by Crippen LogP contribution is 2.23. The minimum atomic E-state index is -0.151. The van der Waals surface area contributed by atoms with Crippen LogP contribution in [0.2, 0.25) is 0 Å². The maximum atomic E-state index is 12.4. The predicted molar refractivity (Wildman–Crippen MR) is 105 cm³/mol. The van der Waals surface area contributed by atoms with E-state index in [0.717, 1.165) is 24.5 Å². The van der Waals surface area contributed by atoms with Gasteiger partial charge in [0.05, 0.1) is 17.9 Å². The highest BCUT2D eigenvalue weighted by atomic mass is 35.5. The Morgan fingerprint density at radius 1 is 1.35 bits per heavy atom. The summed E-state index contributed by atoms with van der Waals surface area (Å²) in [5.41, 5.74) is 1.72. The molecule has 2 N–H and O–H groups in total. The SMILES string of the molecule is CC(NC(=O)CC(C)C1CCCNC1)c1cn(-c2ccccc2)nn1.Cl. The fourth-order valence-corrected chi connectivity index (χ4v) is 3.38. The molecule has 3 unspecified atom stereocenters. The third-order valence-electron chi connectivity index (χ3n) is 5.00. The van der Waals surface area contributed by atoms with Crippen LogP contribution < -0.4 is 10.6 Å². The second-order valence-electron chi connectivity index (χ2n) is 7.00. The van der Waals surface area contributed by atoms with Crippen molar-refractivity contribution < 1.29 is 4.79 Å². The van der Waals surface area contributed by atoms with Gasteiger partial charge in [0.2, 0.25) is 5.91 Å². The molecular formula is C19H28ClN5O. The first-order valence-corrected chi connectivity index (χ1v) is 9.11. The van der Waals surface area contributed by atoms with Gasteiger partial charge >= 0.3 is 0 Å². The van der Waals surface area contributed by atoms with Crippen molar-refractivity contribution in [3.05, 3.63) is 42.2 Å². The van der Waals surface area contributed by atoms with E-state index < -0.39 is 0 Å². The second kappa shape index (κ2) is 9.69. The van der Waals surface area contributed by atoms with Gasteiger partial charge in [-0.15, -0.1) is 17.5 Å². The first-order chi connectivity index (χ1) is 12.1. The zero-order valence-electron chi connectivity index (χ0n) is 15.4. The van der Waals surface area contributed by atoms with E-state index in [1.165, 1.54) is 12.8 Å². The van der Waals surface area contributed by atoms with Crippen molar-refractivity contribution >= 4 is 18.3 Å². The van der Waals surface area contributed by atoms with Gasteiger partial charge in [-0.2, -0.15) is 0 Å². The van der Waals surface area contributed by atoms with Gasteiger partial charge in [-0.1, -0.05) is 30.3 Å². The highest BCUT2D eigenvalue weighted by Gasteiger charge is 2.23. The normalized spacial score (nSPS) is 19.2. The minimum absolute atomic E-state index is 0. The van der Waals surface area contributed by atoms with Crippen LogP contribution in [0.15, 0.2) is 36.5 Å². The lowest BCUT2D eigenvalue weighted by Gasteiger charge is -2.28. The molecule has 1 aliphatic rings. The Bertz CT molecular complexity index is 684. The molecule has 2 heterocycles. The Morgan fingerprint density at radius 3 is 2.81 bits per heavy atom. The van der Waals surface area contributed by atoms with E-state index in [0.29, 0.717) is 18.3 Å². The standard InChI is InChI=1S/C19H27N5O.ClH/c1-14(16-7-6-10-20-12-16)11-19(25)21-15(2)18-13-24(23-22-18)17-8-4-3-5-9-17;/h3-5,8-9,13-16,20H,6-7,10-12H2,1-2H3,(H,21,25);1H. The molecular weight excluding hydrogens is 350 g/mol. The van der Waals surface area contributed by atoms with Crippen LogP contribution >= 0.6 is 12.4 Å². The molecule has 1 aromatic heterocycles. The van der Waals surface area contributed by atoms with Crippen LogP contribution in [0.4, 0.5) is 0 Å². The average molecular weight is 378 g/mol. The summed E-state index contributed by atoms with van der Waals surface area (Å²) in [5, 5.41) is 14.8. The Balaban J connectivity index is 0.00000243. The van der Waals surface area contributed by atoms with Crippen LogP contribution in [0.5, 0.6) is 0 Å². The Morgan fingerprint density at radius 2 is 2.12 bits per heavy atom. The van der Waals surface area contributed by atoms with Gasteiger partial charge in [0.25, 0.3) is 0 Å². The molecule has 1 aliphatic heterocycles. The van der Waals surface area contributed by atoms with Gasteiger partial charge in [-0.05, 0) is 56.8 Å². The van der Waals surface area contributed by atoms with Crippen LogP contribution in [0.3, 0.4) is 0 Å². The quantitative estimate of drug-likeness (QED) is 0.811. The van der Waals surface area contributed by atoms with Gasteiger partial charge in [0, 0.05) is 6.42 Å². The number of nitrogens with zero attached hydrogens (tertiary/aromatic N) is 3. The molecule has 0 saturated carbocycles. The van der Waals surface area contributed by atoms with Gasteiger partial charge in [-0.3, -0.25) is 4.79 Å². The zero-order chi connectivity index (χ0) is 17.6. The largest absolute Gasteiger partial charge is 0.348 e. The zero-order valence-corrected chi connectivity index (χ0v) is 16.2. The van der Waals surface area contributed by atoms with E-state index >= 15 is 0 Å². The number of rotatable bonds is 6. The molecule has 1 aromatic carbocycles. The molecule has 3 rings (SSSR count). The lowest BCUT2D eigenvalue weighted by atomic mass is 9.85. The van der Waals surface area contributed by atoms with Crippen LogP contribution in [0, 0.1) is 11.8 Å². The van der Waals surface area contributed by atoms with Crippen molar-refractivity contribution in [3.8, 4) is 5.69 Å². The van der Waals surface area contributed by atoms with Gasteiger partial charge in [0.15, 0.2) is 0 Å². The van der Waals surface area contributed by atoms with E-state index in [-0.39, 0.29) is 24.4 Å². The summed E-state index contributed by atoms with van der Waals surface area (Å²) >= 11 is 0. The summed E-state index contributed by atoms with van der Waals surface area (Å²) < 4.78 is 1.73. The molecule has 0 aliphatic carbocycles. The fraction of sp³-hybridized carbons (Fsp3) is 0.526. The van der Waals surface area contributed by atoms with Crippen molar-refractivity contribution in [1.82, 2.24) is 25.6 Å². The molecule has 142 valence electrons. The van der Waals surface area contributed by atoms with E-state index in [2.05, 4.69) is 27.9 Å². The first kappa shape index (κ1) is 20.4. The Hall–Kier alpha value is -1.92. The van der Waals surface area contributed by atoms with E-state index in [4.69, 9.17) is 0 Å². The van der Waals surface area contributed by atoms with Crippen LogP contribution in [-0.4, -0.2) is 34.0 Å². The monoisotopic (exact) mass is 377 g/mol. The summed E-state index contributed by atoms with van der Waals surface area (Å²) in [6.07, 6.45) is 4.84. The second-order valence-corrected chi connectivity index (χ2v) is 7.00. The summed E-state index contributed by atoms with van der Waals surface area (Å²) in [6.45, 7) is 6.25. The first-order valence-electron chi connectivity index (χ1n) is 9.11. The fourth-order valence-electron chi connectivity index (χ4n) is 3.38. The number of piperidine rings is 1. The number of carbonyl (C=O) groups excluding carboxylic acids is 1. The average Bonchev–Trinajstić information content (AvgIpc) is 3.13. The lowest BCUT2D eigenvalue weighted by Crippen LogP contribution is -2.36. The maximum absolute atomic E-state index is 12.4. The highest BCUT2D eigenvalue weighted by molar-refractivity contribution is 5.85. The molecule has 0 radical (unpaired) electrons. The smallest absolute Gasteiger partial charge is 0.220 e. The topological polar surface area (TPSA) is 71.8 Å². The van der Waals surface area contributed by atoms with E-state index in [9.17, 15) is 4.79 Å². The number of halogens is 1. The summed E-state index contributed by atoms with van der Waals surface area (Å²) in [7, 11) is 0. The van der Waals surface area contributed by atoms with Crippen molar-refractivity contribution in [2.24, 2.45) is 11.8 Å². The Kier molecular flexibility index (Phi) is 7.60. The number of aromatic nitrogens is 3. The molecule has 0 spiro atoms. The number of carbonyl (C=O) groups is 1. The van der Waals surface area contributed by atoms with Crippen LogP contribution in [-0.2, 0) is 4.79 Å². The molecule has 26 heavy (non-hydrogen) atoms. The summed E-state index contributed by atoms with van der Waals surface area (Å²) in [4.78, 5) is 12.4. The molecule has 2 aromatic rings. The minimum Gasteiger partial charge on any atom is -0.348 e. The number of benzene rings is 1. The number of nitrogens with one attached hydrogen (secondary N) is 2. The maximum Gasteiger partial charge on any atom is 0.220 e. The van der Waals surface area contributed by atoms with E-state index in [1.54, 1.807) is 4.68 Å². The molecule has 7 heteroatoms. The van der Waals surface area contributed by atoms with Crippen molar-refractivity contribution in [2.75, 3.05) is 13.1 Å². The van der Waals surface area contributed by atoms with Crippen molar-refractivity contribution in [1.29, 1.82) is 0 Å². The third kappa shape index (κ3) is 5.29. The predicted octanol–water partition coefficient (Wildman–Crippen LogP) is 2.89. The molecule has 3 atom stereocenters. The van der Waals surface area contributed by atoms with Crippen molar-refractivity contribution in [3.63, 3.8) is 0 Å². The van der Waals surface area contributed by atoms with E-state index in [1.807, 2.05) is 43.5 Å². The van der Waals surface area contributed by atoms with Crippen LogP contribution in [0.25, 0.3) is 5.69 Å². The molecule has 1 saturated heterocycles. The lowest BCUT2D eigenvalue weighted by molar-refractivity contribution is -0.123. The van der Waals surface area contributed by atoms with Gasteiger partial charge in [0.1, 0.15) is 5.69 Å². The van der Waals surface area contributed by atoms with Gasteiger partial charge in [-0.25, -0.2) is 4.68 Å². The number of amides is 1. The van der Waals surface area contributed by atoms with Crippen LogP contribution in [0.1, 0.15) is 44.8 Å². The van der Waals surface area contributed by atoms with Crippen molar-refractivity contribution in [2.45, 2.75) is 39.2 Å². The number of hydrogen-bond acceptors (Lipinski definition) is 4. The molecule has 1 amide bonds. The summed E-state index contributed by atoms with van der Waals surface area (Å²) in [6, 6.07) is 9.69. The third-order valence-corrected chi connectivity index (χ3v) is 5.00. The molecule has 1 fully saturated rings.